The lowest BCUT2D eigenvalue weighted by Gasteiger charge is -2.35. The molecule has 0 radical (unpaired) electrons. The van der Waals surface area contributed by atoms with Gasteiger partial charge in [-0.15, -0.1) is 0 Å². The van der Waals surface area contributed by atoms with Crippen LogP contribution in [0, 0.1) is 0 Å². The average molecular weight is 263 g/mol. The lowest BCUT2D eigenvalue weighted by molar-refractivity contribution is 0.0286. The monoisotopic (exact) mass is 263 g/mol. The van der Waals surface area contributed by atoms with E-state index in [1.165, 1.54) is 0 Å². The van der Waals surface area contributed by atoms with E-state index in [1.54, 1.807) is 12.1 Å². The van der Waals surface area contributed by atoms with Crippen molar-refractivity contribution in [1.29, 1.82) is 0 Å². The second kappa shape index (κ2) is 6.17. The maximum atomic E-state index is 11.2. The summed E-state index contributed by atoms with van der Waals surface area (Å²) in [5.41, 5.74) is 1.15. The molecule has 0 amide bonds. The summed E-state index contributed by atoms with van der Waals surface area (Å²) in [6.45, 7) is 0.560. The Morgan fingerprint density at radius 2 is 2.00 bits per heavy atom. The summed E-state index contributed by atoms with van der Waals surface area (Å²) in [5.74, 6) is -0.895. The van der Waals surface area contributed by atoms with Crippen LogP contribution in [-0.4, -0.2) is 40.3 Å². The third-order valence-corrected chi connectivity index (χ3v) is 3.93. The van der Waals surface area contributed by atoms with Crippen LogP contribution in [-0.2, 0) is 6.54 Å². The van der Waals surface area contributed by atoms with Crippen LogP contribution >= 0.6 is 0 Å². The first-order valence-electron chi connectivity index (χ1n) is 6.79. The third kappa shape index (κ3) is 3.33. The van der Waals surface area contributed by atoms with Crippen LogP contribution in [0.4, 0.5) is 0 Å². The van der Waals surface area contributed by atoms with E-state index in [0.717, 1.165) is 31.2 Å². The molecule has 0 aromatic heterocycles. The van der Waals surface area contributed by atoms with Crippen molar-refractivity contribution in [2.45, 2.75) is 44.4 Å². The zero-order valence-corrected chi connectivity index (χ0v) is 11.2. The van der Waals surface area contributed by atoms with Gasteiger partial charge in [-0.05, 0) is 31.5 Å². The van der Waals surface area contributed by atoms with Crippen LogP contribution in [0.15, 0.2) is 24.3 Å². The van der Waals surface area contributed by atoms with E-state index in [-0.39, 0.29) is 12.1 Å². The van der Waals surface area contributed by atoms with Gasteiger partial charge in [0.2, 0.25) is 0 Å². The number of aromatic carboxylic acids is 1. The molecule has 2 unspecified atom stereocenters. The molecule has 19 heavy (non-hydrogen) atoms. The normalized spacial score (nSPS) is 23.5. The molecule has 1 aromatic rings. The first kappa shape index (κ1) is 14.0. The highest BCUT2D eigenvalue weighted by Crippen LogP contribution is 2.24. The molecule has 1 aliphatic carbocycles. The lowest BCUT2D eigenvalue weighted by Crippen LogP contribution is -2.43. The molecule has 1 fully saturated rings. The number of carboxylic acids is 1. The van der Waals surface area contributed by atoms with Gasteiger partial charge in [-0.2, -0.15) is 0 Å². The van der Waals surface area contributed by atoms with Gasteiger partial charge in [0.1, 0.15) is 0 Å². The zero-order chi connectivity index (χ0) is 13.8. The number of aliphatic hydroxyl groups is 1. The Morgan fingerprint density at radius 1 is 1.32 bits per heavy atom. The number of carbonyl (C=O) groups is 1. The Bertz CT molecular complexity index is 447. The van der Waals surface area contributed by atoms with Crippen LogP contribution in [0.25, 0.3) is 0 Å². The van der Waals surface area contributed by atoms with Gasteiger partial charge in [-0.25, -0.2) is 4.79 Å². The van der Waals surface area contributed by atoms with Gasteiger partial charge in [0.15, 0.2) is 0 Å². The molecule has 1 aliphatic rings. The van der Waals surface area contributed by atoms with Crippen molar-refractivity contribution < 1.29 is 15.0 Å². The van der Waals surface area contributed by atoms with Gasteiger partial charge in [-0.3, -0.25) is 4.90 Å². The number of aliphatic hydroxyl groups excluding tert-OH is 1. The molecule has 0 aliphatic heterocycles. The van der Waals surface area contributed by atoms with E-state index in [4.69, 9.17) is 0 Å². The van der Waals surface area contributed by atoms with Gasteiger partial charge in [-0.1, -0.05) is 31.0 Å². The Kier molecular flexibility index (Phi) is 4.56. The highest BCUT2D eigenvalue weighted by molar-refractivity contribution is 5.89. The number of hydrogen-bond donors (Lipinski definition) is 2. The van der Waals surface area contributed by atoms with Crippen molar-refractivity contribution in [3.05, 3.63) is 35.4 Å². The molecule has 104 valence electrons. The number of likely N-dealkylation sites (N-methyl/N-ethyl adjacent to an activating group) is 1. The first-order chi connectivity index (χ1) is 9.09. The van der Waals surface area contributed by atoms with E-state index >= 15 is 0 Å². The molecule has 4 nitrogen and oxygen atoms in total. The maximum absolute atomic E-state index is 11.2. The Balaban J connectivity index is 2.10. The highest BCUT2D eigenvalue weighted by Gasteiger charge is 2.27. The lowest BCUT2D eigenvalue weighted by atomic mass is 9.91. The van der Waals surface area contributed by atoms with E-state index in [9.17, 15) is 15.0 Å². The standard InChI is InChI=1S/C15H21NO3/c1-16(13-8-4-5-9-14(13)17)10-11-6-2-3-7-12(11)15(18)19/h2-3,6-7,13-14,17H,4-5,8-10H2,1H3,(H,18,19). The minimum atomic E-state index is -0.895. The van der Waals surface area contributed by atoms with Crippen molar-refractivity contribution in [3.8, 4) is 0 Å². The van der Waals surface area contributed by atoms with Gasteiger partial charge in [0, 0.05) is 12.6 Å². The van der Waals surface area contributed by atoms with Gasteiger partial charge < -0.3 is 10.2 Å². The number of carboxylic acid groups (broad SMARTS) is 1. The molecule has 1 aromatic carbocycles. The number of benzene rings is 1. The Morgan fingerprint density at radius 3 is 2.68 bits per heavy atom. The van der Waals surface area contributed by atoms with Crippen molar-refractivity contribution in [1.82, 2.24) is 4.90 Å². The summed E-state index contributed by atoms with van der Waals surface area (Å²) in [6, 6.07) is 7.20. The van der Waals surface area contributed by atoms with Gasteiger partial charge in [0.05, 0.1) is 11.7 Å². The van der Waals surface area contributed by atoms with Crippen LogP contribution in [0.5, 0.6) is 0 Å². The Hall–Kier alpha value is -1.39. The van der Waals surface area contributed by atoms with Crippen molar-refractivity contribution in [3.63, 3.8) is 0 Å². The molecule has 2 N–H and O–H groups in total. The summed E-state index contributed by atoms with van der Waals surface area (Å²) in [4.78, 5) is 13.3. The van der Waals surface area contributed by atoms with Crippen molar-refractivity contribution in [2.24, 2.45) is 0 Å². The topological polar surface area (TPSA) is 60.8 Å². The maximum Gasteiger partial charge on any atom is 0.336 e. The minimum absolute atomic E-state index is 0.135. The molecule has 0 bridgehead atoms. The molecule has 2 rings (SSSR count). The molecular formula is C15H21NO3. The summed E-state index contributed by atoms with van der Waals surface area (Å²) >= 11 is 0. The minimum Gasteiger partial charge on any atom is -0.478 e. The fourth-order valence-electron chi connectivity index (χ4n) is 2.86. The van der Waals surface area contributed by atoms with E-state index in [2.05, 4.69) is 4.90 Å². The van der Waals surface area contributed by atoms with Gasteiger partial charge in [0.25, 0.3) is 0 Å². The van der Waals surface area contributed by atoms with E-state index in [1.807, 2.05) is 19.2 Å². The number of nitrogens with zero attached hydrogens (tertiary/aromatic N) is 1. The third-order valence-electron chi connectivity index (χ3n) is 3.93. The molecule has 0 heterocycles. The second-order valence-corrected chi connectivity index (χ2v) is 5.30. The van der Waals surface area contributed by atoms with Crippen molar-refractivity contribution >= 4 is 5.97 Å². The predicted octanol–water partition coefficient (Wildman–Crippen LogP) is 2.12. The van der Waals surface area contributed by atoms with Crippen molar-refractivity contribution in [2.75, 3.05) is 7.05 Å². The molecular weight excluding hydrogens is 242 g/mol. The number of rotatable bonds is 4. The predicted molar refractivity (Wildman–Crippen MR) is 73.1 cm³/mol. The average Bonchev–Trinajstić information content (AvgIpc) is 2.39. The SMILES string of the molecule is CN(Cc1ccccc1C(=O)O)C1CCCCC1O. The summed E-state index contributed by atoms with van der Waals surface area (Å²) in [5, 5.41) is 19.2. The fourth-order valence-corrected chi connectivity index (χ4v) is 2.86. The summed E-state index contributed by atoms with van der Waals surface area (Å²) in [6.07, 6.45) is 3.74. The van der Waals surface area contributed by atoms with Crippen LogP contribution in [0.3, 0.4) is 0 Å². The van der Waals surface area contributed by atoms with Crippen LogP contribution in [0.2, 0.25) is 0 Å². The first-order valence-corrected chi connectivity index (χ1v) is 6.79. The second-order valence-electron chi connectivity index (χ2n) is 5.30. The smallest absolute Gasteiger partial charge is 0.336 e. The number of hydrogen-bond acceptors (Lipinski definition) is 3. The van der Waals surface area contributed by atoms with E-state index < -0.39 is 5.97 Å². The van der Waals surface area contributed by atoms with Crippen LogP contribution in [0.1, 0.15) is 41.6 Å². The Labute approximate surface area is 113 Å². The zero-order valence-electron chi connectivity index (χ0n) is 11.2. The quantitative estimate of drug-likeness (QED) is 0.873. The van der Waals surface area contributed by atoms with Gasteiger partial charge >= 0.3 is 5.97 Å². The molecule has 4 heteroatoms. The fraction of sp³-hybridized carbons (Fsp3) is 0.533. The molecule has 0 spiro atoms. The molecule has 0 saturated heterocycles. The highest BCUT2D eigenvalue weighted by atomic mass is 16.4. The molecule has 2 atom stereocenters. The van der Waals surface area contributed by atoms with Crippen LogP contribution < -0.4 is 0 Å². The molecule has 1 saturated carbocycles. The summed E-state index contributed by atoms with van der Waals surface area (Å²) in [7, 11) is 1.96. The largest absolute Gasteiger partial charge is 0.478 e. The van der Waals surface area contributed by atoms with E-state index in [0.29, 0.717) is 12.1 Å². The summed E-state index contributed by atoms with van der Waals surface area (Å²) < 4.78 is 0.